The summed E-state index contributed by atoms with van der Waals surface area (Å²) in [5.41, 5.74) is 5.86. The van der Waals surface area contributed by atoms with Crippen molar-refractivity contribution in [2.24, 2.45) is 21.7 Å². The molecule has 6 aliphatic carbocycles. The van der Waals surface area contributed by atoms with Crippen molar-refractivity contribution < 1.29 is 9.59 Å². The maximum atomic E-state index is 13.1. The zero-order valence-electron chi connectivity index (χ0n) is 15.8. The highest BCUT2D eigenvalue weighted by Crippen LogP contribution is 2.74. The molecular formula is C24H26O2. The van der Waals surface area contributed by atoms with Crippen LogP contribution in [0.5, 0.6) is 0 Å². The second kappa shape index (κ2) is 4.24. The first kappa shape index (κ1) is 15.4. The van der Waals surface area contributed by atoms with Crippen LogP contribution in [0.1, 0.15) is 65.2 Å². The van der Waals surface area contributed by atoms with Gasteiger partial charge in [-0.05, 0) is 73.7 Å². The lowest BCUT2D eigenvalue weighted by atomic mass is 9.50. The average molecular weight is 346 g/mol. The molecule has 0 aromatic rings. The molecule has 0 N–H and O–H groups in total. The van der Waals surface area contributed by atoms with Gasteiger partial charge in [-0.2, -0.15) is 0 Å². The first-order valence-electron chi connectivity index (χ1n) is 10.3. The van der Waals surface area contributed by atoms with Gasteiger partial charge >= 0.3 is 0 Å². The Labute approximate surface area is 155 Å². The zero-order valence-corrected chi connectivity index (χ0v) is 15.8. The summed E-state index contributed by atoms with van der Waals surface area (Å²) >= 11 is 0. The predicted octanol–water partition coefficient (Wildman–Crippen LogP) is 5.02. The third-order valence-corrected chi connectivity index (χ3v) is 9.00. The topological polar surface area (TPSA) is 34.1 Å². The number of fused-ring (bicyclic) bond motifs is 4. The number of allylic oxidation sites excluding steroid dienone is 8. The Morgan fingerprint density at radius 2 is 1.81 bits per heavy atom. The molecule has 0 heterocycles. The van der Waals surface area contributed by atoms with Crippen LogP contribution in [0, 0.1) is 21.7 Å². The summed E-state index contributed by atoms with van der Waals surface area (Å²) in [5.74, 6) is 0.661. The van der Waals surface area contributed by atoms with Crippen LogP contribution in [0.15, 0.2) is 46.6 Å². The van der Waals surface area contributed by atoms with Crippen molar-refractivity contribution in [2.45, 2.75) is 65.2 Å². The summed E-state index contributed by atoms with van der Waals surface area (Å²) in [7, 11) is 0. The molecule has 6 aliphatic rings. The lowest BCUT2D eigenvalue weighted by molar-refractivity contribution is -0.124. The van der Waals surface area contributed by atoms with E-state index < -0.39 is 0 Å². The molecule has 1 saturated carbocycles. The standard InChI is InChI=1S/C24H26O2/c1-21-7-4-18-16-14-23(11-12-23)19-13-15(25)3-9-22(19,2)17(16)5-10-24(18,21)20(26)6-8-21/h4,6,8,13H,3,5,7,9-12,14H2,1-2H3. The lowest BCUT2D eigenvalue weighted by Crippen LogP contribution is -2.46. The summed E-state index contributed by atoms with van der Waals surface area (Å²) in [6, 6.07) is 0. The molecule has 0 aliphatic heterocycles. The normalized spacial score (nSPS) is 44.4. The molecule has 134 valence electrons. The van der Waals surface area contributed by atoms with Gasteiger partial charge in [0.15, 0.2) is 11.6 Å². The van der Waals surface area contributed by atoms with Crippen LogP contribution in [0.3, 0.4) is 0 Å². The highest BCUT2D eigenvalue weighted by Gasteiger charge is 2.65. The summed E-state index contributed by atoms with van der Waals surface area (Å²) < 4.78 is 0. The first-order valence-corrected chi connectivity index (χ1v) is 10.3. The van der Waals surface area contributed by atoms with Gasteiger partial charge in [0.05, 0.1) is 5.41 Å². The van der Waals surface area contributed by atoms with Crippen molar-refractivity contribution >= 4 is 11.6 Å². The Bertz CT molecular complexity index is 922. The van der Waals surface area contributed by atoms with Gasteiger partial charge in [0.2, 0.25) is 0 Å². The van der Waals surface area contributed by atoms with Gasteiger partial charge in [0.25, 0.3) is 0 Å². The molecule has 2 nitrogen and oxygen atoms in total. The third kappa shape index (κ3) is 1.46. The van der Waals surface area contributed by atoms with Gasteiger partial charge in [-0.25, -0.2) is 0 Å². The molecule has 6 rings (SSSR count). The molecule has 0 radical (unpaired) electrons. The summed E-state index contributed by atoms with van der Waals surface area (Å²) in [4.78, 5) is 25.3. The number of rotatable bonds is 0. The quantitative estimate of drug-likeness (QED) is 0.617. The van der Waals surface area contributed by atoms with E-state index in [1.54, 1.807) is 5.57 Å². The fourth-order valence-electron chi connectivity index (χ4n) is 7.34. The minimum Gasteiger partial charge on any atom is -0.295 e. The summed E-state index contributed by atoms with van der Waals surface area (Å²) in [5, 5.41) is 0. The van der Waals surface area contributed by atoms with Crippen LogP contribution < -0.4 is 0 Å². The van der Waals surface area contributed by atoms with Crippen molar-refractivity contribution in [2.75, 3.05) is 0 Å². The molecule has 26 heavy (non-hydrogen) atoms. The fraction of sp³-hybridized carbons (Fsp3) is 0.583. The second-order valence-corrected chi connectivity index (χ2v) is 10.1. The minimum absolute atomic E-state index is 0.0196. The maximum absolute atomic E-state index is 13.1. The van der Waals surface area contributed by atoms with Gasteiger partial charge < -0.3 is 0 Å². The number of hydrogen-bond donors (Lipinski definition) is 0. The minimum atomic E-state index is -0.288. The van der Waals surface area contributed by atoms with E-state index in [4.69, 9.17) is 0 Å². The Hall–Kier alpha value is -1.70. The molecule has 2 spiro atoms. The zero-order chi connectivity index (χ0) is 17.9. The number of ketones is 2. The lowest BCUT2D eigenvalue weighted by Gasteiger charge is -2.53. The van der Waals surface area contributed by atoms with E-state index in [2.05, 4.69) is 26.0 Å². The molecule has 1 fully saturated rings. The SMILES string of the molecule is CC12CCC(=O)C=C1C1(CC1)CC1=C2CCC23C(=O)C=CC2(C)CC=C13. The van der Waals surface area contributed by atoms with Crippen LogP contribution >= 0.6 is 0 Å². The van der Waals surface area contributed by atoms with Gasteiger partial charge in [0.1, 0.15) is 0 Å². The number of carbonyl (C=O) groups excluding carboxylic acids is 2. The van der Waals surface area contributed by atoms with E-state index in [1.807, 2.05) is 12.2 Å². The van der Waals surface area contributed by atoms with Crippen molar-refractivity contribution in [3.05, 3.63) is 46.6 Å². The summed E-state index contributed by atoms with van der Waals surface area (Å²) in [6.07, 6.45) is 16.5. The van der Waals surface area contributed by atoms with E-state index in [0.717, 1.165) is 32.1 Å². The Morgan fingerprint density at radius 3 is 2.58 bits per heavy atom. The van der Waals surface area contributed by atoms with Gasteiger partial charge in [-0.15, -0.1) is 0 Å². The largest absolute Gasteiger partial charge is 0.295 e. The molecule has 0 aromatic carbocycles. The van der Waals surface area contributed by atoms with Crippen LogP contribution in [0.4, 0.5) is 0 Å². The van der Waals surface area contributed by atoms with Crippen molar-refractivity contribution in [1.29, 1.82) is 0 Å². The number of hydrogen-bond acceptors (Lipinski definition) is 2. The van der Waals surface area contributed by atoms with Crippen LogP contribution in [0.25, 0.3) is 0 Å². The van der Waals surface area contributed by atoms with E-state index in [9.17, 15) is 9.59 Å². The van der Waals surface area contributed by atoms with Gasteiger partial charge in [-0.3, -0.25) is 9.59 Å². The smallest absolute Gasteiger partial charge is 0.166 e. The van der Waals surface area contributed by atoms with Crippen molar-refractivity contribution in [3.63, 3.8) is 0 Å². The number of carbonyl (C=O) groups is 2. The molecule has 0 amide bonds. The van der Waals surface area contributed by atoms with E-state index in [0.29, 0.717) is 18.0 Å². The molecule has 3 unspecified atom stereocenters. The molecule has 3 atom stereocenters. The monoisotopic (exact) mass is 346 g/mol. The molecule has 0 saturated heterocycles. The Morgan fingerprint density at radius 1 is 1.00 bits per heavy atom. The van der Waals surface area contributed by atoms with Crippen LogP contribution in [0.2, 0.25) is 0 Å². The second-order valence-electron chi connectivity index (χ2n) is 10.1. The van der Waals surface area contributed by atoms with Gasteiger partial charge in [-0.1, -0.05) is 37.1 Å². The van der Waals surface area contributed by atoms with Crippen molar-refractivity contribution in [1.82, 2.24) is 0 Å². The average Bonchev–Trinajstić information content (AvgIpc) is 3.25. The highest BCUT2D eigenvalue weighted by molar-refractivity contribution is 6.03. The molecule has 0 aromatic heterocycles. The van der Waals surface area contributed by atoms with E-state index >= 15 is 0 Å². The fourth-order valence-corrected chi connectivity index (χ4v) is 7.34. The highest BCUT2D eigenvalue weighted by atomic mass is 16.1. The third-order valence-electron chi connectivity index (χ3n) is 9.00. The molecule has 0 bridgehead atoms. The maximum Gasteiger partial charge on any atom is 0.166 e. The Kier molecular flexibility index (Phi) is 2.50. The van der Waals surface area contributed by atoms with Gasteiger partial charge in [0, 0.05) is 17.3 Å². The van der Waals surface area contributed by atoms with E-state index in [-0.39, 0.29) is 21.7 Å². The van der Waals surface area contributed by atoms with Crippen LogP contribution in [-0.2, 0) is 9.59 Å². The predicted molar refractivity (Wildman–Crippen MR) is 100 cm³/mol. The van der Waals surface area contributed by atoms with Crippen molar-refractivity contribution in [3.8, 4) is 0 Å². The molecule has 2 heteroatoms. The first-order chi connectivity index (χ1) is 12.3. The van der Waals surface area contributed by atoms with E-state index in [1.165, 1.54) is 29.6 Å². The molecular weight excluding hydrogens is 320 g/mol. The van der Waals surface area contributed by atoms with Crippen LogP contribution in [-0.4, -0.2) is 11.6 Å². The Balaban J connectivity index is 1.57. The summed E-state index contributed by atoms with van der Waals surface area (Å²) in [6.45, 7) is 4.67.